The number of benzene rings is 2. The van der Waals surface area contributed by atoms with Gasteiger partial charge in [-0.2, -0.15) is 0 Å². The number of aromatic nitrogens is 1. The van der Waals surface area contributed by atoms with E-state index in [9.17, 15) is 0 Å². The van der Waals surface area contributed by atoms with Gasteiger partial charge in [-0.15, -0.1) is 0 Å². The van der Waals surface area contributed by atoms with Crippen LogP contribution in [0.4, 0.5) is 0 Å². The van der Waals surface area contributed by atoms with Crippen molar-refractivity contribution in [3.8, 4) is 5.75 Å². The molecule has 0 fully saturated rings. The fraction of sp³-hybridized carbons (Fsp3) is 0.167. The van der Waals surface area contributed by atoms with Crippen LogP contribution >= 0.6 is 0 Å². The van der Waals surface area contributed by atoms with Crippen molar-refractivity contribution < 1.29 is 4.74 Å². The predicted molar refractivity (Wildman–Crippen MR) is 85.4 cm³/mol. The van der Waals surface area contributed by atoms with Gasteiger partial charge in [0.2, 0.25) is 0 Å². The quantitative estimate of drug-likeness (QED) is 0.792. The average molecular weight is 278 g/mol. The Kier molecular flexibility index (Phi) is 3.84. The van der Waals surface area contributed by atoms with Crippen LogP contribution in [0, 0.1) is 0 Å². The lowest BCUT2D eigenvalue weighted by atomic mass is 9.99. The smallest absolute Gasteiger partial charge is 0.124 e. The van der Waals surface area contributed by atoms with E-state index in [1.165, 1.54) is 0 Å². The third-order valence-electron chi connectivity index (χ3n) is 3.52. The largest absolute Gasteiger partial charge is 0.494 e. The average Bonchev–Trinajstić information content (AvgIpc) is 2.54. The molecule has 0 aliphatic heterocycles. The minimum atomic E-state index is -0.246. The fourth-order valence-electron chi connectivity index (χ4n) is 2.46. The number of hydrogen-bond acceptors (Lipinski definition) is 3. The maximum Gasteiger partial charge on any atom is 0.124 e. The van der Waals surface area contributed by atoms with Crippen molar-refractivity contribution in [2.75, 3.05) is 6.61 Å². The van der Waals surface area contributed by atoms with Gasteiger partial charge in [0.1, 0.15) is 5.75 Å². The molecule has 1 heterocycles. The molecule has 0 aliphatic rings. The Morgan fingerprint density at radius 3 is 2.71 bits per heavy atom. The molecule has 3 heteroatoms. The zero-order valence-electron chi connectivity index (χ0n) is 12.0. The molecule has 1 aromatic heterocycles. The maximum atomic E-state index is 6.42. The van der Waals surface area contributed by atoms with Gasteiger partial charge in [0.25, 0.3) is 0 Å². The van der Waals surface area contributed by atoms with Crippen LogP contribution in [0.2, 0.25) is 0 Å². The van der Waals surface area contributed by atoms with E-state index in [1.54, 1.807) is 0 Å². The van der Waals surface area contributed by atoms with Crippen molar-refractivity contribution in [2.45, 2.75) is 13.0 Å². The highest BCUT2D eigenvalue weighted by atomic mass is 16.5. The molecule has 1 atom stereocenters. The molecular formula is C18H18N2O. The normalized spacial score (nSPS) is 12.3. The Bertz CT molecular complexity index is 755. The first-order chi connectivity index (χ1) is 10.3. The molecule has 0 radical (unpaired) electrons. The van der Waals surface area contributed by atoms with Gasteiger partial charge >= 0.3 is 0 Å². The number of para-hydroxylation sites is 2. The minimum Gasteiger partial charge on any atom is -0.494 e. The summed E-state index contributed by atoms with van der Waals surface area (Å²) < 4.78 is 5.67. The van der Waals surface area contributed by atoms with Gasteiger partial charge in [0, 0.05) is 17.1 Å². The Hall–Kier alpha value is -2.39. The number of ether oxygens (including phenoxy) is 1. The van der Waals surface area contributed by atoms with Crippen molar-refractivity contribution >= 4 is 10.9 Å². The molecular weight excluding hydrogens is 260 g/mol. The lowest BCUT2D eigenvalue weighted by Crippen LogP contribution is -2.13. The molecule has 0 bridgehead atoms. The standard InChI is InChI=1S/C18H18N2O/c1-2-21-17-10-6-4-8-15(17)18(19)14-11-13-7-3-5-9-16(13)20-12-14/h3-12,18H,2,19H2,1H3. The van der Waals surface area contributed by atoms with Gasteiger partial charge in [-0.05, 0) is 30.7 Å². The molecule has 21 heavy (non-hydrogen) atoms. The first kappa shape index (κ1) is 13.6. The molecule has 1 unspecified atom stereocenters. The van der Waals surface area contributed by atoms with E-state index in [0.29, 0.717) is 6.61 Å². The fourth-order valence-corrected chi connectivity index (χ4v) is 2.46. The van der Waals surface area contributed by atoms with Crippen LogP contribution in [-0.2, 0) is 0 Å². The van der Waals surface area contributed by atoms with E-state index in [4.69, 9.17) is 10.5 Å². The van der Waals surface area contributed by atoms with Crippen LogP contribution < -0.4 is 10.5 Å². The summed E-state index contributed by atoms with van der Waals surface area (Å²) in [6.07, 6.45) is 1.84. The second kappa shape index (κ2) is 5.94. The van der Waals surface area contributed by atoms with E-state index >= 15 is 0 Å². The molecule has 3 rings (SSSR count). The van der Waals surface area contributed by atoms with Crippen LogP contribution in [0.5, 0.6) is 5.75 Å². The Balaban J connectivity index is 2.02. The van der Waals surface area contributed by atoms with Crippen LogP contribution in [0.15, 0.2) is 60.8 Å². The van der Waals surface area contributed by atoms with E-state index in [2.05, 4.69) is 11.1 Å². The number of pyridine rings is 1. The topological polar surface area (TPSA) is 48.1 Å². The molecule has 3 aromatic rings. The zero-order valence-corrected chi connectivity index (χ0v) is 12.0. The van der Waals surface area contributed by atoms with E-state index in [0.717, 1.165) is 27.8 Å². The van der Waals surface area contributed by atoms with Crippen LogP contribution in [-0.4, -0.2) is 11.6 Å². The first-order valence-electron chi connectivity index (χ1n) is 7.11. The van der Waals surface area contributed by atoms with E-state index < -0.39 is 0 Å². The number of nitrogens with two attached hydrogens (primary N) is 1. The lowest BCUT2D eigenvalue weighted by molar-refractivity contribution is 0.335. The maximum absolute atomic E-state index is 6.42. The van der Waals surface area contributed by atoms with Gasteiger partial charge in [0.15, 0.2) is 0 Å². The molecule has 0 spiro atoms. The van der Waals surface area contributed by atoms with Crippen LogP contribution in [0.1, 0.15) is 24.1 Å². The van der Waals surface area contributed by atoms with Crippen molar-refractivity contribution in [2.24, 2.45) is 5.73 Å². The highest BCUT2D eigenvalue weighted by Crippen LogP contribution is 2.29. The monoisotopic (exact) mass is 278 g/mol. The van der Waals surface area contributed by atoms with Crippen LogP contribution in [0.25, 0.3) is 10.9 Å². The molecule has 0 amide bonds. The number of nitrogens with zero attached hydrogens (tertiary/aromatic N) is 1. The molecule has 106 valence electrons. The summed E-state index contributed by atoms with van der Waals surface area (Å²) in [7, 11) is 0. The highest BCUT2D eigenvalue weighted by Gasteiger charge is 2.14. The Labute approximate surface area is 124 Å². The summed E-state index contributed by atoms with van der Waals surface area (Å²) in [5.74, 6) is 0.834. The zero-order chi connectivity index (χ0) is 14.7. The summed E-state index contributed by atoms with van der Waals surface area (Å²) in [5.41, 5.74) is 9.37. The van der Waals surface area contributed by atoms with Crippen molar-refractivity contribution in [3.63, 3.8) is 0 Å². The van der Waals surface area contributed by atoms with Gasteiger partial charge in [-0.25, -0.2) is 0 Å². The minimum absolute atomic E-state index is 0.246. The molecule has 0 saturated heterocycles. The lowest BCUT2D eigenvalue weighted by Gasteiger charge is -2.17. The summed E-state index contributed by atoms with van der Waals surface area (Å²) in [6.45, 7) is 2.60. The summed E-state index contributed by atoms with van der Waals surface area (Å²) in [5, 5.41) is 1.10. The third-order valence-corrected chi connectivity index (χ3v) is 3.52. The van der Waals surface area contributed by atoms with Gasteiger partial charge in [-0.1, -0.05) is 36.4 Å². The molecule has 2 aromatic carbocycles. The highest BCUT2D eigenvalue weighted by molar-refractivity contribution is 5.79. The van der Waals surface area contributed by atoms with Gasteiger partial charge in [0.05, 0.1) is 18.2 Å². The van der Waals surface area contributed by atoms with Crippen LogP contribution in [0.3, 0.4) is 0 Å². The van der Waals surface area contributed by atoms with Gasteiger partial charge in [-0.3, -0.25) is 4.98 Å². The third kappa shape index (κ3) is 2.73. The molecule has 0 saturated carbocycles. The van der Waals surface area contributed by atoms with Crippen molar-refractivity contribution in [1.82, 2.24) is 4.98 Å². The number of rotatable bonds is 4. The van der Waals surface area contributed by atoms with Crippen molar-refractivity contribution in [3.05, 3.63) is 71.9 Å². The predicted octanol–water partition coefficient (Wildman–Crippen LogP) is 3.68. The molecule has 3 nitrogen and oxygen atoms in total. The number of fused-ring (bicyclic) bond motifs is 1. The Morgan fingerprint density at radius 1 is 1.10 bits per heavy atom. The SMILES string of the molecule is CCOc1ccccc1C(N)c1cnc2ccccc2c1. The number of hydrogen-bond donors (Lipinski definition) is 1. The molecule has 2 N–H and O–H groups in total. The van der Waals surface area contributed by atoms with E-state index in [1.807, 2.05) is 61.7 Å². The second-order valence-corrected chi connectivity index (χ2v) is 4.91. The van der Waals surface area contributed by atoms with E-state index in [-0.39, 0.29) is 6.04 Å². The van der Waals surface area contributed by atoms with Gasteiger partial charge < -0.3 is 10.5 Å². The first-order valence-corrected chi connectivity index (χ1v) is 7.11. The summed E-state index contributed by atoms with van der Waals surface area (Å²) in [4.78, 5) is 4.48. The van der Waals surface area contributed by atoms with Crippen molar-refractivity contribution in [1.29, 1.82) is 0 Å². The summed E-state index contributed by atoms with van der Waals surface area (Å²) >= 11 is 0. The molecule has 0 aliphatic carbocycles. The second-order valence-electron chi connectivity index (χ2n) is 4.91. The summed E-state index contributed by atoms with van der Waals surface area (Å²) in [6, 6.07) is 17.8. The Morgan fingerprint density at radius 2 is 1.86 bits per heavy atom.